The van der Waals surface area contributed by atoms with Crippen molar-refractivity contribution < 1.29 is 14.3 Å². The molecule has 0 fully saturated rings. The molecule has 24 heavy (non-hydrogen) atoms. The molecule has 0 aliphatic heterocycles. The van der Waals surface area contributed by atoms with Crippen LogP contribution in [0.5, 0.6) is 17.8 Å². The van der Waals surface area contributed by atoms with E-state index in [4.69, 9.17) is 9.47 Å². The molecule has 1 amide bonds. The quantitative estimate of drug-likeness (QED) is 0.769. The van der Waals surface area contributed by atoms with Crippen LogP contribution in [0.2, 0.25) is 0 Å². The summed E-state index contributed by atoms with van der Waals surface area (Å²) in [7, 11) is 1.47. The second-order valence-corrected chi connectivity index (χ2v) is 4.56. The zero-order valence-electron chi connectivity index (χ0n) is 12.7. The van der Waals surface area contributed by atoms with Gasteiger partial charge in [0.05, 0.1) is 24.6 Å². The van der Waals surface area contributed by atoms with E-state index < -0.39 is 0 Å². The van der Waals surface area contributed by atoms with E-state index in [2.05, 4.69) is 25.3 Å². The van der Waals surface area contributed by atoms with Crippen molar-refractivity contribution in [3.63, 3.8) is 0 Å². The second-order valence-electron chi connectivity index (χ2n) is 4.56. The summed E-state index contributed by atoms with van der Waals surface area (Å²) in [6, 6.07) is 8.44. The van der Waals surface area contributed by atoms with Gasteiger partial charge in [0.1, 0.15) is 0 Å². The molecule has 0 radical (unpaired) electrons. The van der Waals surface area contributed by atoms with E-state index in [1.165, 1.54) is 19.5 Å². The SMILES string of the molecule is COc1nccc(Oc2ccc(C(=O)Nc3cccnc3)cn2)n1. The molecule has 1 N–H and O–H groups in total. The zero-order valence-corrected chi connectivity index (χ0v) is 12.7. The average molecular weight is 323 g/mol. The fourth-order valence-electron chi connectivity index (χ4n) is 1.80. The third-order valence-corrected chi connectivity index (χ3v) is 2.92. The number of aromatic nitrogens is 4. The molecular formula is C16H13N5O3. The second kappa shape index (κ2) is 7.14. The molecule has 8 nitrogen and oxygen atoms in total. The summed E-state index contributed by atoms with van der Waals surface area (Å²) in [4.78, 5) is 28.0. The van der Waals surface area contributed by atoms with Gasteiger partial charge in [0, 0.05) is 30.7 Å². The Hall–Kier alpha value is -3.55. The maximum absolute atomic E-state index is 12.1. The summed E-state index contributed by atoms with van der Waals surface area (Å²) in [5, 5.41) is 2.72. The number of hydrogen-bond acceptors (Lipinski definition) is 7. The molecule has 0 aliphatic carbocycles. The van der Waals surface area contributed by atoms with Crippen molar-refractivity contribution in [1.82, 2.24) is 19.9 Å². The van der Waals surface area contributed by atoms with Crippen LogP contribution < -0.4 is 14.8 Å². The molecule has 0 atom stereocenters. The molecule has 0 saturated carbocycles. The lowest BCUT2D eigenvalue weighted by molar-refractivity contribution is 0.102. The van der Waals surface area contributed by atoms with Crippen LogP contribution in [0.15, 0.2) is 55.1 Å². The van der Waals surface area contributed by atoms with Crippen LogP contribution in [0.4, 0.5) is 5.69 Å². The Morgan fingerprint density at radius 1 is 1.04 bits per heavy atom. The monoisotopic (exact) mass is 323 g/mol. The van der Waals surface area contributed by atoms with Gasteiger partial charge in [0.2, 0.25) is 11.8 Å². The molecule has 3 rings (SSSR count). The zero-order chi connectivity index (χ0) is 16.8. The van der Waals surface area contributed by atoms with Gasteiger partial charge in [-0.1, -0.05) is 0 Å². The van der Waals surface area contributed by atoms with Crippen LogP contribution in [0, 0.1) is 0 Å². The molecule has 3 aromatic rings. The molecule has 0 aromatic carbocycles. The average Bonchev–Trinajstić information content (AvgIpc) is 2.63. The number of carbonyl (C=O) groups excluding carboxylic acids is 1. The Labute approximate surface area is 137 Å². The molecule has 3 aromatic heterocycles. The Morgan fingerprint density at radius 2 is 1.96 bits per heavy atom. The van der Waals surface area contributed by atoms with Crippen LogP contribution in [-0.4, -0.2) is 33.0 Å². The minimum Gasteiger partial charge on any atom is -0.467 e. The minimum absolute atomic E-state index is 0.194. The first-order valence-corrected chi connectivity index (χ1v) is 6.97. The van der Waals surface area contributed by atoms with E-state index >= 15 is 0 Å². The van der Waals surface area contributed by atoms with Crippen LogP contribution in [0.25, 0.3) is 0 Å². The minimum atomic E-state index is -0.286. The van der Waals surface area contributed by atoms with Gasteiger partial charge in [0.25, 0.3) is 5.91 Å². The molecule has 3 heterocycles. The number of hydrogen-bond donors (Lipinski definition) is 1. The van der Waals surface area contributed by atoms with Crippen LogP contribution in [0.3, 0.4) is 0 Å². The summed E-state index contributed by atoms with van der Waals surface area (Å²) in [6.07, 6.45) is 6.12. The molecule has 8 heteroatoms. The largest absolute Gasteiger partial charge is 0.467 e. The normalized spacial score (nSPS) is 10.0. The van der Waals surface area contributed by atoms with Gasteiger partial charge in [-0.05, 0) is 18.2 Å². The first-order chi connectivity index (χ1) is 11.7. The Balaban J connectivity index is 1.67. The number of ether oxygens (including phenoxy) is 2. The lowest BCUT2D eigenvalue weighted by Gasteiger charge is -2.06. The first kappa shape index (κ1) is 15.3. The van der Waals surface area contributed by atoms with E-state index in [1.807, 2.05) is 0 Å². The highest BCUT2D eigenvalue weighted by Gasteiger charge is 2.08. The fraction of sp³-hybridized carbons (Fsp3) is 0.0625. The molecule has 120 valence electrons. The van der Waals surface area contributed by atoms with Gasteiger partial charge in [-0.2, -0.15) is 4.98 Å². The van der Waals surface area contributed by atoms with Crippen LogP contribution in [-0.2, 0) is 0 Å². The van der Waals surface area contributed by atoms with Gasteiger partial charge >= 0.3 is 6.01 Å². The third kappa shape index (κ3) is 3.80. The number of nitrogens with zero attached hydrogens (tertiary/aromatic N) is 4. The maximum Gasteiger partial charge on any atom is 0.319 e. The fourth-order valence-corrected chi connectivity index (χ4v) is 1.80. The predicted octanol–water partition coefficient (Wildman–Crippen LogP) is 2.32. The van der Waals surface area contributed by atoms with Crippen molar-refractivity contribution in [2.45, 2.75) is 0 Å². The van der Waals surface area contributed by atoms with Gasteiger partial charge in [-0.25, -0.2) is 9.97 Å². The maximum atomic E-state index is 12.1. The van der Waals surface area contributed by atoms with E-state index in [9.17, 15) is 4.79 Å². The topological polar surface area (TPSA) is 99.1 Å². The summed E-state index contributed by atoms with van der Waals surface area (Å²) in [6.45, 7) is 0. The Bertz CT molecular complexity index is 825. The number of methoxy groups -OCH3 is 1. The Kier molecular flexibility index (Phi) is 4.57. The third-order valence-electron chi connectivity index (χ3n) is 2.92. The summed E-state index contributed by atoms with van der Waals surface area (Å²) >= 11 is 0. The van der Waals surface area contributed by atoms with Gasteiger partial charge < -0.3 is 14.8 Å². The van der Waals surface area contributed by atoms with E-state index in [1.54, 1.807) is 42.7 Å². The predicted molar refractivity (Wildman–Crippen MR) is 85.1 cm³/mol. The lowest BCUT2D eigenvalue weighted by atomic mass is 10.2. The summed E-state index contributed by atoms with van der Waals surface area (Å²) < 4.78 is 10.4. The molecule has 0 unspecified atom stereocenters. The highest BCUT2D eigenvalue weighted by atomic mass is 16.5. The molecule has 0 aliphatic rings. The molecule has 0 spiro atoms. The first-order valence-electron chi connectivity index (χ1n) is 6.97. The van der Waals surface area contributed by atoms with Crippen molar-refractivity contribution in [1.29, 1.82) is 0 Å². The van der Waals surface area contributed by atoms with Crippen molar-refractivity contribution in [2.75, 3.05) is 12.4 Å². The molecule has 0 bridgehead atoms. The summed E-state index contributed by atoms with van der Waals surface area (Å²) in [5.41, 5.74) is 1.00. The summed E-state index contributed by atoms with van der Waals surface area (Å²) in [5.74, 6) is 0.307. The molecule has 0 saturated heterocycles. The highest BCUT2D eigenvalue weighted by molar-refractivity contribution is 6.03. The van der Waals surface area contributed by atoms with E-state index in [0.29, 0.717) is 23.0 Å². The lowest BCUT2D eigenvalue weighted by Crippen LogP contribution is -2.12. The van der Waals surface area contributed by atoms with Crippen molar-refractivity contribution in [3.8, 4) is 17.8 Å². The van der Waals surface area contributed by atoms with E-state index in [0.717, 1.165) is 0 Å². The van der Waals surface area contributed by atoms with Crippen molar-refractivity contribution in [2.24, 2.45) is 0 Å². The van der Waals surface area contributed by atoms with Gasteiger partial charge in [0.15, 0.2) is 0 Å². The number of carbonyl (C=O) groups is 1. The van der Waals surface area contributed by atoms with Gasteiger partial charge in [-0.15, -0.1) is 0 Å². The molecular weight excluding hydrogens is 310 g/mol. The Morgan fingerprint density at radius 3 is 2.67 bits per heavy atom. The number of rotatable bonds is 5. The highest BCUT2D eigenvalue weighted by Crippen LogP contribution is 2.18. The van der Waals surface area contributed by atoms with Gasteiger partial charge in [-0.3, -0.25) is 9.78 Å². The number of amides is 1. The smallest absolute Gasteiger partial charge is 0.319 e. The number of pyridine rings is 2. The van der Waals surface area contributed by atoms with Crippen LogP contribution in [0.1, 0.15) is 10.4 Å². The standard InChI is InChI=1S/C16H13N5O3/c1-23-16-18-8-6-14(21-16)24-13-5-4-11(9-19-13)15(22)20-12-3-2-7-17-10-12/h2-10H,1H3,(H,20,22). The van der Waals surface area contributed by atoms with Crippen molar-refractivity contribution in [3.05, 3.63) is 60.7 Å². The van der Waals surface area contributed by atoms with Crippen LogP contribution >= 0.6 is 0 Å². The van der Waals surface area contributed by atoms with E-state index in [-0.39, 0.29) is 11.9 Å². The number of nitrogens with one attached hydrogen (secondary N) is 1. The number of anilines is 1. The van der Waals surface area contributed by atoms with Crippen molar-refractivity contribution >= 4 is 11.6 Å².